The predicted molar refractivity (Wildman–Crippen MR) is 76.6 cm³/mol. The Bertz CT molecular complexity index is 523. The molecule has 0 radical (unpaired) electrons. The van der Waals surface area contributed by atoms with Gasteiger partial charge in [-0.05, 0) is 18.6 Å². The number of carbonyl (C=O) groups excluding carboxylic acids is 1. The van der Waals surface area contributed by atoms with E-state index in [-0.39, 0.29) is 0 Å². The minimum Gasteiger partial charge on any atom is -0.502 e. The van der Waals surface area contributed by atoms with Crippen LogP contribution in [0, 0.1) is 0 Å². The van der Waals surface area contributed by atoms with Crippen molar-refractivity contribution in [3.05, 3.63) is 42.3 Å². The van der Waals surface area contributed by atoms with Crippen molar-refractivity contribution in [2.75, 3.05) is 20.8 Å². The van der Waals surface area contributed by atoms with Crippen LogP contribution in [0.3, 0.4) is 0 Å². The van der Waals surface area contributed by atoms with Crippen LogP contribution in [0.5, 0.6) is 0 Å². The van der Waals surface area contributed by atoms with Crippen molar-refractivity contribution in [3.63, 3.8) is 0 Å². The molecule has 0 unspecified atom stereocenters. The molecule has 5 heteroatoms. The van der Waals surface area contributed by atoms with Crippen molar-refractivity contribution in [1.29, 1.82) is 0 Å². The number of hydrogen-bond acceptors (Lipinski definition) is 4. The van der Waals surface area contributed by atoms with E-state index in [1.165, 1.54) is 20.5 Å². The second-order valence-electron chi connectivity index (χ2n) is 4.35. The lowest BCUT2D eigenvalue weighted by Crippen LogP contribution is -2.29. The molecule has 1 aromatic carbocycles. The van der Waals surface area contributed by atoms with Crippen molar-refractivity contribution in [2.24, 2.45) is 4.99 Å². The van der Waals surface area contributed by atoms with Crippen LogP contribution in [0.4, 0.5) is 5.69 Å². The van der Waals surface area contributed by atoms with Gasteiger partial charge in [-0.25, -0.2) is 9.79 Å². The zero-order chi connectivity index (χ0) is 14.4. The number of hydrogen-bond donors (Lipinski definition) is 0. The molecule has 1 saturated heterocycles. The van der Waals surface area contributed by atoms with Crippen LogP contribution >= 0.6 is 0 Å². The molecule has 0 N–H and O–H groups in total. The summed E-state index contributed by atoms with van der Waals surface area (Å²) in [5.41, 5.74) is 1.25. The van der Waals surface area contributed by atoms with Crippen molar-refractivity contribution in [1.82, 2.24) is 4.90 Å². The van der Waals surface area contributed by atoms with Gasteiger partial charge in [0.15, 0.2) is 5.70 Å². The summed E-state index contributed by atoms with van der Waals surface area (Å²) in [6.07, 6.45) is 3.17. The van der Waals surface area contributed by atoms with Gasteiger partial charge >= 0.3 is 5.97 Å². The van der Waals surface area contributed by atoms with Crippen LogP contribution in [0.25, 0.3) is 0 Å². The highest BCUT2D eigenvalue weighted by molar-refractivity contribution is 5.97. The van der Waals surface area contributed by atoms with E-state index < -0.39 is 5.97 Å². The zero-order valence-corrected chi connectivity index (χ0v) is 11.7. The second-order valence-corrected chi connectivity index (χ2v) is 4.35. The maximum Gasteiger partial charge on any atom is 0.357 e. The largest absolute Gasteiger partial charge is 0.502 e. The standard InChI is InChI=1S/C15H18N2O3/c1-19-11-13(15(18)20-2)17-10-6-9-14(17)16-12-7-4-3-5-8-12/h3-5,7-8,11H,6,9-10H2,1-2H3/b13-11-,16-14?. The summed E-state index contributed by atoms with van der Waals surface area (Å²) in [7, 11) is 2.86. The summed E-state index contributed by atoms with van der Waals surface area (Å²) in [5.74, 6) is 0.430. The van der Waals surface area contributed by atoms with Crippen molar-refractivity contribution in [3.8, 4) is 0 Å². The quantitative estimate of drug-likeness (QED) is 0.481. The smallest absolute Gasteiger partial charge is 0.357 e. The number of para-hydroxylation sites is 1. The molecule has 20 heavy (non-hydrogen) atoms. The Morgan fingerprint density at radius 3 is 2.70 bits per heavy atom. The van der Waals surface area contributed by atoms with E-state index in [1.807, 2.05) is 35.2 Å². The van der Waals surface area contributed by atoms with Crippen LogP contribution in [0.1, 0.15) is 12.8 Å². The third-order valence-corrected chi connectivity index (χ3v) is 3.02. The number of esters is 1. The number of aliphatic imine (C=N–C) groups is 1. The molecule has 0 aliphatic carbocycles. The molecular weight excluding hydrogens is 256 g/mol. The second kappa shape index (κ2) is 6.75. The van der Waals surface area contributed by atoms with E-state index in [0.717, 1.165) is 30.9 Å². The van der Waals surface area contributed by atoms with Gasteiger partial charge in [0.25, 0.3) is 0 Å². The first-order chi connectivity index (χ1) is 9.76. The molecule has 1 aliphatic heterocycles. The third-order valence-electron chi connectivity index (χ3n) is 3.02. The van der Waals surface area contributed by atoms with E-state index in [9.17, 15) is 4.79 Å². The highest BCUT2D eigenvalue weighted by Crippen LogP contribution is 2.22. The molecule has 1 fully saturated rings. The average molecular weight is 274 g/mol. The van der Waals surface area contributed by atoms with Crippen molar-refractivity contribution >= 4 is 17.5 Å². The topological polar surface area (TPSA) is 51.1 Å². The van der Waals surface area contributed by atoms with Crippen LogP contribution in [-0.4, -0.2) is 37.5 Å². The molecule has 0 saturated carbocycles. The average Bonchev–Trinajstić information content (AvgIpc) is 2.93. The molecule has 106 valence electrons. The van der Waals surface area contributed by atoms with E-state index in [2.05, 4.69) is 4.99 Å². The van der Waals surface area contributed by atoms with Crippen LogP contribution in [0.15, 0.2) is 47.3 Å². The first-order valence-electron chi connectivity index (χ1n) is 6.47. The molecule has 2 rings (SSSR count). The van der Waals surface area contributed by atoms with E-state index in [4.69, 9.17) is 9.47 Å². The van der Waals surface area contributed by atoms with Gasteiger partial charge in [0, 0.05) is 13.0 Å². The van der Waals surface area contributed by atoms with Gasteiger partial charge in [-0.1, -0.05) is 18.2 Å². The summed E-state index contributed by atoms with van der Waals surface area (Å²) in [5, 5.41) is 0. The van der Waals surface area contributed by atoms with Gasteiger partial charge in [0.05, 0.1) is 19.9 Å². The summed E-state index contributed by atoms with van der Waals surface area (Å²) in [6.45, 7) is 0.732. The van der Waals surface area contributed by atoms with Gasteiger partial charge in [-0.3, -0.25) is 0 Å². The Morgan fingerprint density at radius 1 is 1.30 bits per heavy atom. The maximum absolute atomic E-state index is 11.8. The van der Waals surface area contributed by atoms with Gasteiger partial charge in [-0.2, -0.15) is 0 Å². The molecular formula is C15H18N2O3. The summed E-state index contributed by atoms with van der Waals surface area (Å²) >= 11 is 0. The fourth-order valence-corrected chi connectivity index (χ4v) is 2.12. The normalized spacial score (nSPS) is 17.4. The highest BCUT2D eigenvalue weighted by atomic mass is 16.5. The fraction of sp³-hybridized carbons (Fsp3) is 0.333. The summed E-state index contributed by atoms with van der Waals surface area (Å²) in [4.78, 5) is 18.3. The minimum atomic E-state index is -0.422. The van der Waals surface area contributed by atoms with Gasteiger partial charge in [0.2, 0.25) is 0 Å². The van der Waals surface area contributed by atoms with Crippen molar-refractivity contribution < 1.29 is 14.3 Å². The van der Waals surface area contributed by atoms with Crippen LogP contribution < -0.4 is 0 Å². The number of ether oxygens (including phenoxy) is 2. The SMILES string of the molecule is CO/C=C(/C(=O)OC)N1CCCC1=Nc1ccccc1. The number of amidine groups is 1. The molecule has 5 nitrogen and oxygen atoms in total. The summed E-state index contributed by atoms with van der Waals surface area (Å²) < 4.78 is 9.77. The first kappa shape index (κ1) is 14.1. The molecule has 1 aliphatic rings. The number of nitrogens with zero attached hydrogens (tertiary/aromatic N) is 2. The number of carbonyl (C=O) groups is 1. The molecule has 1 heterocycles. The Balaban J connectivity index is 2.28. The van der Waals surface area contributed by atoms with Gasteiger partial charge in [-0.15, -0.1) is 0 Å². The lowest BCUT2D eigenvalue weighted by atomic mass is 10.3. The molecule has 0 spiro atoms. The number of methoxy groups -OCH3 is 2. The van der Waals surface area contributed by atoms with Crippen LogP contribution in [-0.2, 0) is 14.3 Å². The number of rotatable bonds is 4. The lowest BCUT2D eigenvalue weighted by molar-refractivity contribution is -0.137. The highest BCUT2D eigenvalue weighted by Gasteiger charge is 2.27. The third kappa shape index (κ3) is 3.17. The molecule has 0 amide bonds. The van der Waals surface area contributed by atoms with E-state index >= 15 is 0 Å². The molecule has 0 atom stereocenters. The first-order valence-corrected chi connectivity index (χ1v) is 6.47. The monoisotopic (exact) mass is 274 g/mol. The van der Waals surface area contributed by atoms with Gasteiger partial charge in [0.1, 0.15) is 12.1 Å². The van der Waals surface area contributed by atoms with E-state index in [1.54, 1.807) is 0 Å². The van der Waals surface area contributed by atoms with Gasteiger partial charge < -0.3 is 14.4 Å². The molecule has 0 aromatic heterocycles. The zero-order valence-electron chi connectivity index (χ0n) is 11.7. The van der Waals surface area contributed by atoms with E-state index in [0.29, 0.717) is 5.70 Å². The minimum absolute atomic E-state index is 0.377. The Kier molecular flexibility index (Phi) is 4.76. The Labute approximate surface area is 118 Å². The Hall–Kier alpha value is -2.30. The Morgan fingerprint density at radius 2 is 2.05 bits per heavy atom. The summed E-state index contributed by atoms with van der Waals surface area (Å²) in [6, 6.07) is 9.68. The lowest BCUT2D eigenvalue weighted by Gasteiger charge is -2.20. The number of likely N-dealkylation sites (tertiary alicyclic amines) is 1. The predicted octanol–water partition coefficient (Wildman–Crippen LogP) is 2.47. The molecule has 0 bridgehead atoms. The molecule has 1 aromatic rings. The maximum atomic E-state index is 11.8. The van der Waals surface area contributed by atoms with Crippen LogP contribution in [0.2, 0.25) is 0 Å². The number of benzene rings is 1. The van der Waals surface area contributed by atoms with Crippen molar-refractivity contribution in [2.45, 2.75) is 12.8 Å². The fourth-order valence-electron chi connectivity index (χ4n) is 2.12.